The van der Waals surface area contributed by atoms with Gasteiger partial charge in [-0.25, -0.2) is 9.18 Å². The van der Waals surface area contributed by atoms with Crippen LogP contribution in [0.25, 0.3) is 0 Å². The van der Waals surface area contributed by atoms with E-state index in [4.69, 9.17) is 27.9 Å². The maximum absolute atomic E-state index is 13.9. The molecule has 0 aromatic heterocycles. The summed E-state index contributed by atoms with van der Waals surface area (Å²) in [4.78, 5) is 45.8. The van der Waals surface area contributed by atoms with Crippen LogP contribution in [-0.2, 0) is 9.59 Å². The molecule has 2 aromatic rings. The van der Waals surface area contributed by atoms with Gasteiger partial charge in [-0.3, -0.25) is 9.59 Å². The second kappa shape index (κ2) is 12.4. The molecule has 2 heterocycles. The number of rotatable bonds is 7. The molecule has 0 unspecified atom stereocenters. The quantitative estimate of drug-likeness (QED) is 0.350. The molecule has 1 aliphatic carbocycles. The fourth-order valence-electron chi connectivity index (χ4n) is 6.12. The number of carbonyl (C=O) groups is 3. The largest absolute Gasteiger partial charge is 0.415 e. The van der Waals surface area contributed by atoms with E-state index in [-0.39, 0.29) is 46.8 Å². The van der Waals surface area contributed by atoms with Crippen molar-refractivity contribution < 1.29 is 23.5 Å². The third-order valence-corrected chi connectivity index (χ3v) is 9.57. The van der Waals surface area contributed by atoms with Crippen molar-refractivity contribution in [1.29, 1.82) is 0 Å². The molecule has 2 aromatic carbocycles. The maximum Gasteiger partial charge on any atom is 0.415 e. The van der Waals surface area contributed by atoms with Crippen molar-refractivity contribution in [1.82, 2.24) is 14.7 Å². The summed E-state index contributed by atoms with van der Waals surface area (Å²) in [5, 5.41) is 0.836. The predicted molar refractivity (Wildman–Crippen MR) is 160 cm³/mol. The number of amides is 3. The fraction of sp³-hybridized carbons (Fsp3) is 0.531. The number of hydrogen-bond donors (Lipinski definition) is 0. The zero-order valence-corrected chi connectivity index (χ0v) is 25.8. The average Bonchev–Trinajstić information content (AvgIpc) is 3.57. The molecule has 0 bridgehead atoms. The van der Waals surface area contributed by atoms with Crippen LogP contribution in [0.4, 0.5) is 9.18 Å². The van der Waals surface area contributed by atoms with Crippen molar-refractivity contribution in [2.24, 2.45) is 17.3 Å². The lowest BCUT2D eigenvalue weighted by molar-refractivity contribution is -0.142. The molecule has 10 heteroatoms. The summed E-state index contributed by atoms with van der Waals surface area (Å²) in [5.74, 6) is -0.204. The van der Waals surface area contributed by atoms with E-state index < -0.39 is 11.9 Å². The van der Waals surface area contributed by atoms with Crippen molar-refractivity contribution in [3.8, 4) is 5.75 Å². The molecule has 226 valence electrons. The molecule has 42 heavy (non-hydrogen) atoms. The van der Waals surface area contributed by atoms with Gasteiger partial charge >= 0.3 is 6.09 Å². The Kier molecular flexibility index (Phi) is 9.05. The van der Waals surface area contributed by atoms with Gasteiger partial charge in [0.15, 0.2) is 0 Å². The Bertz CT molecular complexity index is 1330. The van der Waals surface area contributed by atoms with E-state index in [1.165, 1.54) is 24.3 Å². The van der Waals surface area contributed by atoms with E-state index in [1.54, 1.807) is 17.0 Å². The molecule has 0 N–H and O–H groups in total. The molecule has 3 aliphatic rings. The van der Waals surface area contributed by atoms with Gasteiger partial charge in [-0.1, -0.05) is 50.0 Å². The molecular weight excluding hydrogens is 580 g/mol. The SMILES string of the molecule is CC(C)CN(C(=O)Oc1ccc(F)cc1)[C@@H]1CN(C(=O)C2CCN(C(=O)C3(C)CC3)CC2)C[C@H]1c1ccc(Cl)c(Cl)c1. The van der Waals surface area contributed by atoms with Gasteiger partial charge < -0.3 is 19.4 Å². The topological polar surface area (TPSA) is 70.2 Å². The molecule has 7 nitrogen and oxygen atoms in total. The minimum atomic E-state index is -0.556. The van der Waals surface area contributed by atoms with Crippen LogP contribution in [0.3, 0.4) is 0 Å². The summed E-state index contributed by atoms with van der Waals surface area (Å²) in [7, 11) is 0. The Morgan fingerprint density at radius 1 is 1.00 bits per heavy atom. The van der Waals surface area contributed by atoms with Crippen LogP contribution in [-0.4, -0.2) is 71.4 Å². The first-order chi connectivity index (χ1) is 19.9. The minimum absolute atomic E-state index is 0.0451. The lowest BCUT2D eigenvalue weighted by Crippen LogP contribution is -2.48. The van der Waals surface area contributed by atoms with Crippen LogP contribution in [0.15, 0.2) is 42.5 Å². The molecule has 3 amide bonds. The molecule has 2 saturated heterocycles. The standard InChI is InChI=1S/C32H38Cl2FN3O4/c1-20(2)17-38(31(41)42-24-7-5-23(35)6-8-24)28-19-37(18-25(28)22-4-9-26(33)27(34)16-22)29(39)21-10-14-36(15-11-21)30(40)32(3)12-13-32/h4-9,16,20-21,25,28H,10-15,17-19H2,1-3H3/t25-,28+/m0/s1. The number of ether oxygens (including phenoxy) is 1. The van der Waals surface area contributed by atoms with E-state index in [2.05, 4.69) is 0 Å². The van der Waals surface area contributed by atoms with Crippen molar-refractivity contribution in [2.75, 3.05) is 32.7 Å². The lowest BCUT2D eigenvalue weighted by atomic mass is 9.92. The molecule has 2 atom stereocenters. The third kappa shape index (κ3) is 6.70. The molecule has 2 aliphatic heterocycles. The molecule has 3 fully saturated rings. The Morgan fingerprint density at radius 3 is 2.26 bits per heavy atom. The van der Waals surface area contributed by atoms with Crippen molar-refractivity contribution in [3.05, 3.63) is 63.9 Å². The van der Waals surface area contributed by atoms with Gasteiger partial charge in [0, 0.05) is 50.0 Å². The molecule has 1 saturated carbocycles. The van der Waals surface area contributed by atoms with Crippen LogP contribution in [0.2, 0.25) is 10.0 Å². The maximum atomic E-state index is 13.9. The van der Waals surface area contributed by atoms with E-state index in [1.807, 2.05) is 36.6 Å². The van der Waals surface area contributed by atoms with Gasteiger partial charge in [0.1, 0.15) is 11.6 Å². The fourth-order valence-corrected chi connectivity index (χ4v) is 6.43. The number of nitrogens with zero attached hydrogens (tertiary/aromatic N) is 3. The molecule has 0 spiro atoms. The smallest absolute Gasteiger partial charge is 0.410 e. The zero-order chi connectivity index (χ0) is 30.2. The first-order valence-corrected chi connectivity index (χ1v) is 15.5. The van der Waals surface area contributed by atoms with Gasteiger partial charge in [-0.15, -0.1) is 0 Å². The first kappa shape index (κ1) is 30.6. The highest BCUT2D eigenvalue weighted by molar-refractivity contribution is 6.42. The Labute approximate surface area is 256 Å². The van der Waals surface area contributed by atoms with E-state index >= 15 is 0 Å². The number of benzene rings is 2. The first-order valence-electron chi connectivity index (χ1n) is 14.7. The number of carbonyl (C=O) groups excluding carboxylic acids is 3. The van der Waals surface area contributed by atoms with Gasteiger partial charge in [-0.2, -0.15) is 0 Å². The lowest BCUT2D eigenvalue weighted by Gasteiger charge is -2.35. The van der Waals surface area contributed by atoms with Crippen LogP contribution >= 0.6 is 23.2 Å². The van der Waals surface area contributed by atoms with Gasteiger partial charge in [-0.05, 0) is 73.6 Å². The minimum Gasteiger partial charge on any atom is -0.410 e. The monoisotopic (exact) mass is 617 g/mol. The Morgan fingerprint density at radius 2 is 1.67 bits per heavy atom. The van der Waals surface area contributed by atoms with Gasteiger partial charge in [0.25, 0.3) is 0 Å². The van der Waals surface area contributed by atoms with E-state index in [0.717, 1.165) is 18.4 Å². The van der Waals surface area contributed by atoms with Crippen molar-refractivity contribution >= 4 is 41.1 Å². The number of likely N-dealkylation sites (tertiary alicyclic amines) is 2. The third-order valence-electron chi connectivity index (χ3n) is 8.84. The van der Waals surface area contributed by atoms with Gasteiger partial charge in [0.2, 0.25) is 11.8 Å². The number of piperidine rings is 1. The average molecular weight is 619 g/mol. The van der Waals surface area contributed by atoms with Crippen molar-refractivity contribution in [2.45, 2.75) is 58.4 Å². The Balaban J connectivity index is 1.36. The molecule has 0 radical (unpaired) electrons. The normalized spacial score (nSPS) is 21.9. The van der Waals surface area contributed by atoms with E-state index in [0.29, 0.717) is 55.6 Å². The molecular formula is C32H38Cl2FN3O4. The zero-order valence-electron chi connectivity index (χ0n) is 24.3. The number of hydrogen-bond acceptors (Lipinski definition) is 4. The van der Waals surface area contributed by atoms with Crippen LogP contribution < -0.4 is 4.74 Å². The van der Waals surface area contributed by atoms with Crippen molar-refractivity contribution in [3.63, 3.8) is 0 Å². The summed E-state index contributed by atoms with van der Waals surface area (Å²) >= 11 is 12.6. The highest BCUT2D eigenvalue weighted by atomic mass is 35.5. The predicted octanol–water partition coefficient (Wildman–Crippen LogP) is 6.62. The Hall–Kier alpha value is -2.84. The van der Waals surface area contributed by atoms with Crippen LogP contribution in [0.5, 0.6) is 5.75 Å². The second-order valence-electron chi connectivity index (χ2n) is 12.6. The van der Waals surface area contributed by atoms with E-state index in [9.17, 15) is 18.8 Å². The van der Waals surface area contributed by atoms with Crippen LogP contribution in [0, 0.1) is 23.1 Å². The second-order valence-corrected chi connectivity index (χ2v) is 13.4. The summed E-state index contributed by atoms with van der Waals surface area (Å²) in [6.07, 6.45) is 2.57. The highest BCUT2D eigenvalue weighted by Gasteiger charge is 2.48. The molecule has 5 rings (SSSR count). The number of halogens is 3. The summed E-state index contributed by atoms with van der Waals surface area (Å²) in [6, 6.07) is 10.4. The summed E-state index contributed by atoms with van der Waals surface area (Å²) < 4.78 is 19.1. The summed E-state index contributed by atoms with van der Waals surface area (Å²) in [6.45, 7) is 8.38. The highest BCUT2D eigenvalue weighted by Crippen LogP contribution is 2.47. The van der Waals surface area contributed by atoms with Crippen LogP contribution in [0.1, 0.15) is 57.9 Å². The van der Waals surface area contributed by atoms with Gasteiger partial charge in [0.05, 0.1) is 16.1 Å². The summed E-state index contributed by atoms with van der Waals surface area (Å²) in [5.41, 5.74) is 0.667.